The molecule has 0 bridgehead atoms. The Morgan fingerprint density at radius 3 is 2.46 bits per heavy atom. The van der Waals surface area contributed by atoms with Crippen molar-refractivity contribution in [2.75, 3.05) is 6.54 Å². The number of nitrogens with one attached hydrogen (secondary N) is 2. The topological polar surface area (TPSA) is 58.2 Å². The first kappa shape index (κ1) is 18.2. The maximum absolute atomic E-state index is 12.3. The predicted molar refractivity (Wildman–Crippen MR) is 103 cm³/mol. The first-order valence-corrected chi connectivity index (χ1v) is 9.15. The fourth-order valence-electron chi connectivity index (χ4n) is 3.63. The third kappa shape index (κ3) is 4.31. The smallest absolute Gasteiger partial charge is 0.239 e. The third-order valence-electron chi connectivity index (χ3n) is 5.11. The molecule has 0 saturated heterocycles. The van der Waals surface area contributed by atoms with Crippen LogP contribution in [0.15, 0.2) is 54.6 Å². The van der Waals surface area contributed by atoms with Crippen molar-refractivity contribution in [3.63, 3.8) is 0 Å². The van der Waals surface area contributed by atoms with E-state index in [0.717, 1.165) is 18.4 Å². The van der Waals surface area contributed by atoms with Gasteiger partial charge in [0, 0.05) is 0 Å². The summed E-state index contributed by atoms with van der Waals surface area (Å²) >= 11 is 0. The van der Waals surface area contributed by atoms with Gasteiger partial charge in [-0.1, -0.05) is 68.4 Å². The minimum absolute atomic E-state index is 0.00767. The zero-order valence-electron chi connectivity index (χ0n) is 15.4. The van der Waals surface area contributed by atoms with Crippen molar-refractivity contribution in [3.05, 3.63) is 71.3 Å². The lowest BCUT2D eigenvalue weighted by atomic mass is 9.71. The zero-order chi connectivity index (χ0) is 18.6. The average molecular weight is 350 g/mol. The normalized spacial score (nSPS) is 17.8. The van der Waals surface area contributed by atoms with Crippen molar-refractivity contribution in [2.24, 2.45) is 0 Å². The van der Waals surface area contributed by atoms with Gasteiger partial charge >= 0.3 is 0 Å². The molecule has 1 aliphatic carbocycles. The summed E-state index contributed by atoms with van der Waals surface area (Å²) in [6.45, 7) is 4.50. The molecule has 4 heteroatoms. The van der Waals surface area contributed by atoms with E-state index in [1.807, 2.05) is 36.4 Å². The van der Waals surface area contributed by atoms with Crippen LogP contribution in [0, 0.1) is 0 Å². The SMILES string of the molecule is CC1(C)CCC(NC(=O)CNC(=O)Cc2ccccc2)c2ccccc21. The second-order valence-corrected chi connectivity index (χ2v) is 7.57. The molecule has 1 unspecified atom stereocenters. The summed E-state index contributed by atoms with van der Waals surface area (Å²) in [6, 6.07) is 17.8. The Bertz CT molecular complexity index is 784. The predicted octanol–water partition coefficient (Wildman–Crippen LogP) is 3.27. The molecule has 0 fully saturated rings. The summed E-state index contributed by atoms with van der Waals surface area (Å²) in [7, 11) is 0. The van der Waals surface area contributed by atoms with Gasteiger partial charge in [-0.3, -0.25) is 9.59 Å². The molecule has 26 heavy (non-hydrogen) atoms. The molecule has 2 aromatic rings. The molecule has 0 heterocycles. The van der Waals surface area contributed by atoms with E-state index in [9.17, 15) is 9.59 Å². The third-order valence-corrected chi connectivity index (χ3v) is 5.11. The molecule has 2 N–H and O–H groups in total. The molecule has 0 radical (unpaired) electrons. The van der Waals surface area contributed by atoms with Gasteiger partial charge in [0.15, 0.2) is 0 Å². The maximum atomic E-state index is 12.3. The standard InChI is InChI=1S/C22H26N2O2/c1-22(2)13-12-19(17-10-6-7-11-18(17)22)24-21(26)15-23-20(25)14-16-8-4-3-5-9-16/h3-11,19H,12-15H2,1-2H3,(H,23,25)(H,24,26). The Labute approximate surface area is 155 Å². The van der Waals surface area contributed by atoms with Gasteiger partial charge in [-0.05, 0) is 34.9 Å². The number of rotatable bonds is 5. The Balaban J connectivity index is 1.55. The lowest BCUT2D eigenvalue weighted by molar-refractivity contribution is -0.126. The second-order valence-electron chi connectivity index (χ2n) is 7.57. The number of amides is 2. The van der Waals surface area contributed by atoms with Crippen LogP contribution in [-0.4, -0.2) is 18.4 Å². The summed E-state index contributed by atoms with van der Waals surface area (Å²) in [6.07, 6.45) is 2.22. The van der Waals surface area contributed by atoms with E-state index in [1.165, 1.54) is 11.1 Å². The lowest BCUT2D eigenvalue weighted by Gasteiger charge is -2.37. The van der Waals surface area contributed by atoms with Gasteiger partial charge in [-0.25, -0.2) is 0 Å². The van der Waals surface area contributed by atoms with E-state index < -0.39 is 0 Å². The number of carbonyl (C=O) groups is 2. The molecular formula is C22H26N2O2. The molecule has 1 aliphatic rings. The van der Waals surface area contributed by atoms with E-state index >= 15 is 0 Å². The van der Waals surface area contributed by atoms with Crippen LogP contribution < -0.4 is 10.6 Å². The van der Waals surface area contributed by atoms with E-state index in [-0.39, 0.29) is 36.2 Å². The summed E-state index contributed by atoms with van der Waals surface area (Å²) in [5.41, 5.74) is 3.55. The molecule has 136 valence electrons. The quantitative estimate of drug-likeness (QED) is 0.869. The van der Waals surface area contributed by atoms with E-state index in [0.29, 0.717) is 0 Å². The summed E-state index contributed by atoms with van der Waals surface area (Å²) in [4.78, 5) is 24.3. The van der Waals surface area contributed by atoms with Gasteiger partial charge in [-0.2, -0.15) is 0 Å². The van der Waals surface area contributed by atoms with Gasteiger partial charge in [0.25, 0.3) is 0 Å². The highest BCUT2D eigenvalue weighted by atomic mass is 16.2. The number of benzene rings is 2. The lowest BCUT2D eigenvalue weighted by Crippen LogP contribution is -2.41. The minimum Gasteiger partial charge on any atom is -0.348 e. The van der Waals surface area contributed by atoms with Crippen molar-refractivity contribution in [3.8, 4) is 0 Å². The number of hydrogen-bond donors (Lipinski definition) is 2. The summed E-state index contributed by atoms with van der Waals surface area (Å²) in [5.74, 6) is -0.289. The van der Waals surface area contributed by atoms with Crippen LogP contribution in [0.3, 0.4) is 0 Å². The molecule has 1 atom stereocenters. The number of fused-ring (bicyclic) bond motifs is 1. The van der Waals surface area contributed by atoms with Crippen LogP contribution in [-0.2, 0) is 21.4 Å². The fourth-order valence-corrected chi connectivity index (χ4v) is 3.63. The van der Waals surface area contributed by atoms with E-state index in [2.05, 4.69) is 42.7 Å². The Kier molecular flexibility index (Phi) is 5.40. The molecule has 0 aromatic heterocycles. The number of carbonyl (C=O) groups excluding carboxylic acids is 2. The van der Waals surface area contributed by atoms with Gasteiger partial charge in [0.2, 0.25) is 11.8 Å². The monoisotopic (exact) mass is 350 g/mol. The molecule has 3 rings (SSSR count). The van der Waals surface area contributed by atoms with Gasteiger partial charge in [0.05, 0.1) is 19.0 Å². The largest absolute Gasteiger partial charge is 0.348 e. The van der Waals surface area contributed by atoms with Gasteiger partial charge in [-0.15, -0.1) is 0 Å². The first-order valence-electron chi connectivity index (χ1n) is 9.15. The summed E-state index contributed by atoms with van der Waals surface area (Å²) in [5, 5.41) is 5.79. The minimum atomic E-state index is -0.147. The van der Waals surface area contributed by atoms with Crippen molar-refractivity contribution < 1.29 is 9.59 Å². The molecule has 0 spiro atoms. The highest BCUT2D eigenvalue weighted by Crippen LogP contribution is 2.41. The van der Waals surface area contributed by atoms with Crippen molar-refractivity contribution >= 4 is 11.8 Å². The molecule has 4 nitrogen and oxygen atoms in total. The second kappa shape index (κ2) is 7.73. The van der Waals surface area contributed by atoms with E-state index in [4.69, 9.17) is 0 Å². The van der Waals surface area contributed by atoms with Crippen molar-refractivity contribution in [2.45, 2.75) is 44.6 Å². The highest BCUT2D eigenvalue weighted by Gasteiger charge is 2.32. The maximum Gasteiger partial charge on any atom is 0.239 e. The van der Waals surface area contributed by atoms with Crippen molar-refractivity contribution in [1.82, 2.24) is 10.6 Å². The van der Waals surface area contributed by atoms with E-state index in [1.54, 1.807) is 0 Å². The van der Waals surface area contributed by atoms with Gasteiger partial charge in [0.1, 0.15) is 0 Å². The molecule has 0 aliphatic heterocycles. The Morgan fingerprint density at radius 2 is 1.69 bits per heavy atom. The van der Waals surface area contributed by atoms with Crippen LogP contribution in [0.4, 0.5) is 0 Å². The van der Waals surface area contributed by atoms with Crippen LogP contribution >= 0.6 is 0 Å². The van der Waals surface area contributed by atoms with Crippen LogP contribution in [0.5, 0.6) is 0 Å². The average Bonchev–Trinajstić information content (AvgIpc) is 2.64. The molecule has 2 aromatic carbocycles. The molecule has 2 amide bonds. The van der Waals surface area contributed by atoms with Gasteiger partial charge < -0.3 is 10.6 Å². The highest BCUT2D eigenvalue weighted by molar-refractivity contribution is 5.85. The molecular weight excluding hydrogens is 324 g/mol. The Hall–Kier alpha value is -2.62. The van der Waals surface area contributed by atoms with Crippen LogP contribution in [0.2, 0.25) is 0 Å². The molecule has 0 saturated carbocycles. The Morgan fingerprint density at radius 1 is 1.00 bits per heavy atom. The number of hydrogen-bond acceptors (Lipinski definition) is 2. The first-order chi connectivity index (χ1) is 12.5. The van der Waals surface area contributed by atoms with Crippen molar-refractivity contribution in [1.29, 1.82) is 0 Å². The van der Waals surface area contributed by atoms with Crippen LogP contribution in [0.1, 0.15) is 49.4 Å². The van der Waals surface area contributed by atoms with Crippen LogP contribution in [0.25, 0.3) is 0 Å². The summed E-state index contributed by atoms with van der Waals surface area (Å²) < 4.78 is 0. The fraction of sp³-hybridized carbons (Fsp3) is 0.364. The zero-order valence-corrected chi connectivity index (χ0v) is 15.4.